The number of hydrogen-bond acceptors (Lipinski definition) is 6. The molecule has 1 aromatic carbocycles. The summed E-state index contributed by atoms with van der Waals surface area (Å²) in [6.45, 7) is 3.36. The summed E-state index contributed by atoms with van der Waals surface area (Å²) >= 11 is 0. The fourth-order valence-corrected chi connectivity index (χ4v) is 5.03. The number of anilines is 1. The number of nitrogens with zero attached hydrogens (tertiary/aromatic N) is 5. The van der Waals surface area contributed by atoms with Crippen LogP contribution in [0, 0.1) is 0 Å². The number of hydrogen-bond donors (Lipinski definition) is 2. The Morgan fingerprint density at radius 2 is 1.71 bits per heavy atom. The van der Waals surface area contributed by atoms with Crippen molar-refractivity contribution in [3.05, 3.63) is 52.8 Å². The number of nitrogen functional groups attached to an aromatic ring is 1. The molecule has 3 N–H and O–H groups in total. The third-order valence-corrected chi connectivity index (χ3v) is 6.63. The Morgan fingerprint density at radius 3 is 2.45 bits per heavy atom. The van der Waals surface area contributed by atoms with Gasteiger partial charge in [-0.1, -0.05) is 12.1 Å². The second-order valence-electron chi connectivity index (χ2n) is 8.44. The number of likely N-dealkylation sites (tertiary alicyclic amines) is 2. The molecule has 0 atom stereocenters. The third kappa shape index (κ3) is 3.81. The van der Waals surface area contributed by atoms with E-state index in [-0.39, 0.29) is 23.5 Å². The van der Waals surface area contributed by atoms with Crippen molar-refractivity contribution in [1.29, 1.82) is 0 Å². The van der Waals surface area contributed by atoms with Crippen LogP contribution in [0.25, 0.3) is 11.0 Å². The summed E-state index contributed by atoms with van der Waals surface area (Å²) < 4.78 is 1.93. The van der Waals surface area contributed by atoms with Gasteiger partial charge in [-0.25, -0.2) is 9.78 Å². The number of carbonyl (C=O) groups is 1. The molecule has 0 bridgehead atoms. The van der Waals surface area contributed by atoms with Gasteiger partial charge in [0.05, 0.1) is 23.4 Å². The van der Waals surface area contributed by atoms with Crippen LogP contribution < -0.4 is 11.4 Å². The second kappa shape index (κ2) is 8.14. The van der Waals surface area contributed by atoms with E-state index < -0.39 is 0 Å². The van der Waals surface area contributed by atoms with Crippen LogP contribution in [0.15, 0.2) is 41.5 Å². The fourth-order valence-electron chi connectivity index (χ4n) is 5.03. The number of piperidine rings is 2. The predicted octanol–water partition coefficient (Wildman–Crippen LogP) is 1.64. The molecule has 5 rings (SSSR count). The lowest BCUT2D eigenvalue weighted by Gasteiger charge is -2.41. The number of fused-ring (bicyclic) bond motifs is 1. The van der Waals surface area contributed by atoms with Crippen molar-refractivity contribution in [3.63, 3.8) is 0 Å². The zero-order chi connectivity index (χ0) is 21.4. The first kappa shape index (κ1) is 19.7. The van der Waals surface area contributed by atoms with Gasteiger partial charge in [0.1, 0.15) is 11.5 Å². The summed E-state index contributed by atoms with van der Waals surface area (Å²) in [5.74, 6) is 0.161. The van der Waals surface area contributed by atoms with Crippen molar-refractivity contribution in [1.82, 2.24) is 29.3 Å². The molecule has 0 radical (unpaired) electrons. The maximum Gasteiger partial charge on any atom is 0.326 e. The number of imidazole rings is 1. The van der Waals surface area contributed by atoms with Crippen LogP contribution in [-0.4, -0.2) is 67.4 Å². The first-order valence-electron chi connectivity index (χ1n) is 10.9. The van der Waals surface area contributed by atoms with Crippen molar-refractivity contribution in [2.24, 2.45) is 0 Å². The van der Waals surface area contributed by atoms with Crippen LogP contribution in [0.1, 0.15) is 42.2 Å². The number of H-pyrrole nitrogens is 1. The topological polar surface area (TPSA) is 113 Å². The Labute approximate surface area is 179 Å². The van der Waals surface area contributed by atoms with Crippen LogP contribution in [0.3, 0.4) is 0 Å². The Hall–Kier alpha value is -3.20. The zero-order valence-corrected chi connectivity index (χ0v) is 17.4. The Kier molecular flexibility index (Phi) is 5.19. The molecular formula is C22H27N7O2. The van der Waals surface area contributed by atoms with Crippen molar-refractivity contribution < 1.29 is 4.79 Å². The van der Waals surface area contributed by atoms with E-state index in [9.17, 15) is 9.59 Å². The molecule has 2 fully saturated rings. The van der Waals surface area contributed by atoms with Gasteiger partial charge in [-0.15, -0.1) is 0 Å². The summed E-state index contributed by atoms with van der Waals surface area (Å²) in [5, 5.41) is 0. The molecule has 2 aliphatic heterocycles. The van der Waals surface area contributed by atoms with Gasteiger partial charge in [-0.3, -0.25) is 14.3 Å². The Balaban J connectivity index is 1.18. The summed E-state index contributed by atoms with van der Waals surface area (Å²) in [5.41, 5.74) is 7.84. The summed E-state index contributed by atoms with van der Waals surface area (Å²) in [6, 6.07) is 8.58. The normalized spacial score (nSPS) is 19.2. The molecule has 0 unspecified atom stereocenters. The highest BCUT2D eigenvalue weighted by molar-refractivity contribution is 5.92. The van der Waals surface area contributed by atoms with Crippen LogP contribution >= 0.6 is 0 Å². The lowest BCUT2D eigenvalue weighted by atomic mass is 9.97. The SMILES string of the molecule is Nc1cncc(C(=O)N2CCC(N3CCC(n4c(=O)[nH]c5ccccc54)CC3)CC2)n1. The van der Waals surface area contributed by atoms with E-state index in [2.05, 4.69) is 19.9 Å². The Bertz CT molecular complexity index is 1140. The van der Waals surface area contributed by atoms with E-state index in [0.717, 1.165) is 49.8 Å². The average Bonchev–Trinajstić information content (AvgIpc) is 3.14. The highest BCUT2D eigenvalue weighted by Gasteiger charge is 2.31. The number of aromatic amines is 1. The lowest BCUT2D eigenvalue weighted by Crippen LogP contribution is -2.49. The highest BCUT2D eigenvalue weighted by atomic mass is 16.2. The zero-order valence-electron chi connectivity index (χ0n) is 17.4. The molecule has 2 saturated heterocycles. The largest absolute Gasteiger partial charge is 0.382 e. The number of carbonyl (C=O) groups excluding carboxylic acids is 1. The summed E-state index contributed by atoms with van der Waals surface area (Å²) in [7, 11) is 0. The third-order valence-electron chi connectivity index (χ3n) is 6.63. The lowest BCUT2D eigenvalue weighted by molar-refractivity contribution is 0.0553. The Morgan fingerprint density at radius 1 is 1.00 bits per heavy atom. The molecule has 2 aromatic heterocycles. The number of amides is 1. The van der Waals surface area contributed by atoms with Crippen LogP contribution in [-0.2, 0) is 0 Å². The van der Waals surface area contributed by atoms with E-state index >= 15 is 0 Å². The molecule has 0 saturated carbocycles. The van der Waals surface area contributed by atoms with Gasteiger partial charge in [0.2, 0.25) is 0 Å². The number of aromatic nitrogens is 4. The number of rotatable bonds is 3. The van der Waals surface area contributed by atoms with E-state index in [1.165, 1.54) is 12.4 Å². The number of benzene rings is 1. The van der Waals surface area contributed by atoms with E-state index in [1.807, 2.05) is 33.7 Å². The number of para-hydroxylation sites is 2. The molecule has 2 aliphatic rings. The molecule has 162 valence electrons. The van der Waals surface area contributed by atoms with Gasteiger partial charge in [0, 0.05) is 38.3 Å². The van der Waals surface area contributed by atoms with Crippen molar-refractivity contribution >= 4 is 22.8 Å². The fraction of sp³-hybridized carbons (Fsp3) is 0.455. The molecule has 9 nitrogen and oxygen atoms in total. The molecule has 0 spiro atoms. The van der Waals surface area contributed by atoms with Crippen molar-refractivity contribution in [2.75, 3.05) is 31.9 Å². The number of nitrogens with two attached hydrogens (primary N) is 1. The predicted molar refractivity (Wildman–Crippen MR) is 118 cm³/mol. The number of nitrogens with one attached hydrogen (secondary N) is 1. The standard InChI is InChI=1S/C22H27N7O2/c23-20-14-24-13-18(25-20)21(30)28-11-5-15(6-12-28)27-9-7-16(8-10-27)29-19-4-2-1-3-17(19)26-22(29)31/h1-4,13-16H,5-12H2,(H2,23,25)(H,26,31). The first-order chi connectivity index (χ1) is 15.1. The molecular weight excluding hydrogens is 394 g/mol. The summed E-state index contributed by atoms with van der Waals surface area (Å²) in [4.78, 5) is 40.6. The van der Waals surface area contributed by atoms with Crippen molar-refractivity contribution in [2.45, 2.75) is 37.8 Å². The molecule has 3 aromatic rings. The molecule has 31 heavy (non-hydrogen) atoms. The minimum absolute atomic E-state index is 0.0175. The minimum Gasteiger partial charge on any atom is -0.382 e. The quantitative estimate of drug-likeness (QED) is 0.665. The minimum atomic E-state index is -0.101. The first-order valence-corrected chi connectivity index (χ1v) is 10.9. The smallest absolute Gasteiger partial charge is 0.326 e. The van der Waals surface area contributed by atoms with Crippen LogP contribution in [0.2, 0.25) is 0 Å². The van der Waals surface area contributed by atoms with Gasteiger partial charge in [-0.2, -0.15) is 0 Å². The monoisotopic (exact) mass is 421 g/mol. The van der Waals surface area contributed by atoms with E-state index in [1.54, 1.807) is 0 Å². The molecule has 0 aliphatic carbocycles. The summed E-state index contributed by atoms with van der Waals surface area (Å²) in [6.07, 6.45) is 6.72. The molecule has 9 heteroatoms. The average molecular weight is 422 g/mol. The van der Waals surface area contributed by atoms with E-state index in [0.29, 0.717) is 24.8 Å². The molecule has 4 heterocycles. The second-order valence-corrected chi connectivity index (χ2v) is 8.44. The van der Waals surface area contributed by atoms with Crippen LogP contribution in [0.4, 0.5) is 5.82 Å². The highest BCUT2D eigenvalue weighted by Crippen LogP contribution is 2.28. The van der Waals surface area contributed by atoms with Crippen molar-refractivity contribution in [3.8, 4) is 0 Å². The maximum absolute atomic E-state index is 12.7. The van der Waals surface area contributed by atoms with Crippen LogP contribution in [0.5, 0.6) is 0 Å². The van der Waals surface area contributed by atoms with Gasteiger partial charge in [0.15, 0.2) is 0 Å². The van der Waals surface area contributed by atoms with Gasteiger partial charge in [-0.05, 0) is 37.8 Å². The van der Waals surface area contributed by atoms with Gasteiger partial charge >= 0.3 is 5.69 Å². The van der Waals surface area contributed by atoms with Gasteiger partial charge < -0.3 is 20.5 Å². The maximum atomic E-state index is 12.7. The molecule has 1 amide bonds. The van der Waals surface area contributed by atoms with E-state index in [4.69, 9.17) is 5.73 Å². The van der Waals surface area contributed by atoms with Gasteiger partial charge in [0.25, 0.3) is 5.91 Å².